The van der Waals surface area contributed by atoms with Crippen molar-refractivity contribution in [3.8, 4) is 17.6 Å². The molecule has 0 aliphatic heterocycles. The van der Waals surface area contributed by atoms with Gasteiger partial charge in [0, 0.05) is 10.8 Å². The van der Waals surface area contributed by atoms with Crippen molar-refractivity contribution in [2.24, 2.45) is 0 Å². The van der Waals surface area contributed by atoms with Crippen molar-refractivity contribution in [1.82, 2.24) is 34.7 Å². The number of benzene rings is 1. The third kappa shape index (κ3) is 3.99. The molecule has 1 amide bonds. The smallest absolute Gasteiger partial charge is 0.320 e. The Kier molecular flexibility index (Phi) is 5.57. The molecule has 0 spiro atoms. The van der Waals surface area contributed by atoms with E-state index in [0.29, 0.717) is 15.5 Å². The molecule has 0 saturated carbocycles. The first-order valence-corrected chi connectivity index (χ1v) is 10.4. The summed E-state index contributed by atoms with van der Waals surface area (Å²) in [6.07, 6.45) is 0.994. The van der Waals surface area contributed by atoms with E-state index in [2.05, 4.69) is 30.6 Å². The van der Waals surface area contributed by atoms with Gasteiger partial charge >= 0.3 is 6.18 Å². The summed E-state index contributed by atoms with van der Waals surface area (Å²) in [6.45, 7) is 0. The molecule has 0 atom stereocenters. The van der Waals surface area contributed by atoms with Crippen LogP contribution in [0.1, 0.15) is 21.7 Å². The topological polar surface area (TPSA) is 127 Å². The van der Waals surface area contributed by atoms with Crippen molar-refractivity contribution in [2.45, 2.75) is 6.18 Å². The molecular weight excluding hydrogens is 499 g/mol. The molecule has 0 radical (unpaired) electrons. The Morgan fingerprint density at radius 3 is 2.42 bits per heavy atom. The van der Waals surface area contributed by atoms with Gasteiger partial charge in [-0.05, 0) is 6.07 Å². The molecule has 5 aromatic rings. The molecule has 1 aromatic carbocycles. The number of alkyl halides is 3. The average Bonchev–Trinajstić information content (AvgIpc) is 3.54. The van der Waals surface area contributed by atoms with Crippen LogP contribution in [0, 0.1) is 11.3 Å². The van der Waals surface area contributed by atoms with Gasteiger partial charge in [-0.25, -0.2) is 14.6 Å². The summed E-state index contributed by atoms with van der Waals surface area (Å²) < 4.78 is 43.1. The second kappa shape index (κ2) is 8.75. The zero-order chi connectivity index (χ0) is 25.4. The standard InChI is InChI=1S/C22H11ClF3N9O/c23-16-7-12(9-29-20(16)35-30-5-6-31-35)33-21(36)15-10-32-34(19(15)22(24,25)26)18-11-28-17(8-27)13-3-1-2-4-14(13)18/h1-7,9-11H,(H,33,36). The first kappa shape index (κ1) is 22.9. The van der Waals surface area contributed by atoms with Crippen LogP contribution < -0.4 is 5.32 Å². The van der Waals surface area contributed by atoms with Crippen LogP contribution in [0.15, 0.2) is 61.3 Å². The van der Waals surface area contributed by atoms with E-state index in [4.69, 9.17) is 11.6 Å². The highest BCUT2D eigenvalue weighted by Crippen LogP contribution is 2.36. The molecule has 1 N–H and O–H groups in total. The minimum Gasteiger partial charge on any atom is -0.320 e. The average molecular weight is 510 g/mol. The number of nitrogens with zero attached hydrogens (tertiary/aromatic N) is 8. The van der Waals surface area contributed by atoms with Gasteiger partial charge < -0.3 is 5.32 Å². The fourth-order valence-electron chi connectivity index (χ4n) is 3.58. The van der Waals surface area contributed by atoms with Gasteiger partial charge in [0.05, 0.1) is 52.9 Å². The van der Waals surface area contributed by atoms with Crippen LogP contribution in [0.5, 0.6) is 0 Å². The zero-order valence-electron chi connectivity index (χ0n) is 17.8. The summed E-state index contributed by atoms with van der Waals surface area (Å²) in [5.74, 6) is -0.911. The number of aromatic nitrogens is 7. The van der Waals surface area contributed by atoms with E-state index in [1.165, 1.54) is 24.7 Å². The van der Waals surface area contributed by atoms with Gasteiger partial charge in [0.15, 0.2) is 11.5 Å². The normalized spacial score (nSPS) is 11.4. The molecular formula is C22H11ClF3N9O. The van der Waals surface area contributed by atoms with Gasteiger partial charge in [-0.3, -0.25) is 4.79 Å². The monoisotopic (exact) mass is 509 g/mol. The molecule has 0 aliphatic carbocycles. The lowest BCUT2D eigenvalue weighted by molar-refractivity contribution is -0.143. The van der Waals surface area contributed by atoms with E-state index >= 15 is 0 Å². The molecule has 5 rings (SSSR count). The summed E-state index contributed by atoms with van der Waals surface area (Å²) in [6, 6.07) is 9.56. The molecule has 4 aromatic heterocycles. The number of anilines is 1. The Bertz CT molecular complexity index is 1660. The van der Waals surface area contributed by atoms with Gasteiger partial charge in [0.1, 0.15) is 11.8 Å². The summed E-state index contributed by atoms with van der Waals surface area (Å²) in [7, 11) is 0. The fourth-order valence-corrected chi connectivity index (χ4v) is 3.82. The third-order valence-corrected chi connectivity index (χ3v) is 5.36. The van der Waals surface area contributed by atoms with Crippen LogP contribution in [0.3, 0.4) is 0 Å². The number of nitrogens with one attached hydrogen (secondary N) is 1. The van der Waals surface area contributed by atoms with Gasteiger partial charge in [-0.2, -0.15) is 33.7 Å². The number of fused-ring (bicyclic) bond motifs is 1. The number of hydrogen-bond donors (Lipinski definition) is 1. The maximum atomic E-state index is 14.2. The molecule has 14 heteroatoms. The highest BCUT2D eigenvalue weighted by Gasteiger charge is 2.41. The minimum absolute atomic E-state index is 0.0447. The van der Waals surface area contributed by atoms with E-state index < -0.39 is 23.3 Å². The lowest BCUT2D eigenvalue weighted by Crippen LogP contribution is -2.21. The van der Waals surface area contributed by atoms with E-state index in [-0.39, 0.29) is 27.9 Å². The number of halogens is 4. The van der Waals surface area contributed by atoms with Crippen molar-refractivity contribution >= 4 is 34.0 Å². The van der Waals surface area contributed by atoms with Crippen molar-refractivity contribution in [3.05, 3.63) is 83.3 Å². The molecule has 0 aliphatic rings. The lowest BCUT2D eigenvalue weighted by atomic mass is 10.1. The van der Waals surface area contributed by atoms with E-state index in [9.17, 15) is 23.2 Å². The van der Waals surface area contributed by atoms with Crippen molar-refractivity contribution < 1.29 is 18.0 Å². The zero-order valence-corrected chi connectivity index (χ0v) is 18.5. The summed E-state index contributed by atoms with van der Waals surface area (Å²) in [4.78, 5) is 22.1. The van der Waals surface area contributed by atoms with Crippen LogP contribution in [0.4, 0.5) is 18.9 Å². The summed E-state index contributed by atoms with van der Waals surface area (Å²) in [5, 5.41) is 24.0. The predicted molar refractivity (Wildman–Crippen MR) is 121 cm³/mol. The SMILES string of the molecule is N#Cc1ncc(-n2ncc(C(=O)Nc3cnc(-n4nccn4)c(Cl)c3)c2C(F)(F)F)c2ccccc12. The second-order valence-corrected chi connectivity index (χ2v) is 7.68. The Morgan fingerprint density at radius 2 is 1.75 bits per heavy atom. The summed E-state index contributed by atoms with van der Waals surface area (Å²) in [5.41, 5.74) is -1.99. The number of hydrogen-bond acceptors (Lipinski definition) is 7. The number of amides is 1. The van der Waals surface area contributed by atoms with E-state index in [1.807, 2.05) is 6.07 Å². The Balaban J connectivity index is 1.55. The van der Waals surface area contributed by atoms with E-state index in [0.717, 1.165) is 17.2 Å². The number of nitriles is 1. The summed E-state index contributed by atoms with van der Waals surface area (Å²) >= 11 is 6.18. The van der Waals surface area contributed by atoms with Gasteiger partial charge in [-0.15, -0.1) is 4.80 Å². The quantitative estimate of drug-likeness (QED) is 0.384. The number of pyridine rings is 2. The van der Waals surface area contributed by atoms with Crippen molar-refractivity contribution in [3.63, 3.8) is 0 Å². The fraction of sp³-hybridized carbons (Fsp3) is 0.0455. The first-order valence-electron chi connectivity index (χ1n) is 10.0. The molecule has 0 saturated heterocycles. The highest BCUT2D eigenvalue weighted by atomic mass is 35.5. The van der Waals surface area contributed by atoms with Crippen molar-refractivity contribution in [2.75, 3.05) is 5.32 Å². The predicted octanol–water partition coefficient (Wildman–Crippen LogP) is 4.19. The highest BCUT2D eigenvalue weighted by molar-refractivity contribution is 6.32. The molecule has 10 nitrogen and oxygen atoms in total. The Hall–Kier alpha value is -4.83. The van der Waals surface area contributed by atoms with Gasteiger partial charge in [0.25, 0.3) is 5.91 Å². The van der Waals surface area contributed by atoms with E-state index in [1.54, 1.807) is 24.3 Å². The van der Waals surface area contributed by atoms with Crippen LogP contribution in [-0.2, 0) is 6.18 Å². The second-order valence-electron chi connectivity index (χ2n) is 7.27. The van der Waals surface area contributed by atoms with Gasteiger partial charge in [0.2, 0.25) is 0 Å². The van der Waals surface area contributed by atoms with Crippen LogP contribution in [-0.4, -0.2) is 40.6 Å². The van der Waals surface area contributed by atoms with Gasteiger partial charge in [-0.1, -0.05) is 35.9 Å². The lowest BCUT2D eigenvalue weighted by Gasteiger charge is -2.14. The number of rotatable bonds is 4. The molecule has 36 heavy (non-hydrogen) atoms. The maximum absolute atomic E-state index is 14.2. The van der Waals surface area contributed by atoms with Crippen LogP contribution in [0.25, 0.3) is 22.3 Å². The first-order chi connectivity index (χ1) is 17.3. The maximum Gasteiger partial charge on any atom is 0.434 e. The van der Waals surface area contributed by atoms with Crippen molar-refractivity contribution in [1.29, 1.82) is 5.26 Å². The Morgan fingerprint density at radius 1 is 1.03 bits per heavy atom. The largest absolute Gasteiger partial charge is 0.434 e. The third-order valence-electron chi connectivity index (χ3n) is 5.08. The molecule has 0 fully saturated rings. The van der Waals surface area contributed by atoms with Crippen LogP contribution >= 0.6 is 11.6 Å². The minimum atomic E-state index is -4.95. The molecule has 178 valence electrons. The Labute approximate surface area is 204 Å². The molecule has 4 heterocycles. The number of carbonyl (C=O) groups is 1. The van der Waals surface area contributed by atoms with Crippen LogP contribution in [0.2, 0.25) is 5.02 Å². The molecule has 0 bridgehead atoms. The molecule has 0 unspecified atom stereocenters. The number of carbonyl (C=O) groups excluding carboxylic acids is 1.